The van der Waals surface area contributed by atoms with E-state index < -0.39 is 10.0 Å². The molecule has 0 radical (unpaired) electrons. The van der Waals surface area contributed by atoms with Crippen LogP contribution in [0.5, 0.6) is 11.5 Å². The van der Waals surface area contributed by atoms with Crippen molar-refractivity contribution < 1.29 is 27.2 Å². The first kappa shape index (κ1) is 24.3. The molecule has 0 spiro atoms. The summed E-state index contributed by atoms with van der Waals surface area (Å²) in [7, 11) is -1.07. The smallest absolute Gasteiger partial charge is 0.245 e. The predicted octanol–water partition coefficient (Wildman–Crippen LogP) is 2.24. The fraction of sp³-hybridized carbons (Fsp3) is 0.360. The Balaban J connectivity index is 1.44. The van der Waals surface area contributed by atoms with Gasteiger partial charge in [0.15, 0.2) is 5.58 Å². The minimum Gasteiger partial charge on any atom is -0.496 e. The number of likely N-dealkylation sites (tertiary alicyclic amines) is 2. The number of nitrogens with zero attached hydrogens (tertiary/aromatic N) is 3. The van der Waals surface area contributed by atoms with Crippen molar-refractivity contribution in [1.29, 1.82) is 0 Å². The predicted molar refractivity (Wildman–Crippen MR) is 133 cm³/mol. The number of methoxy groups -OCH3 is 2. The van der Waals surface area contributed by atoms with E-state index in [0.29, 0.717) is 46.4 Å². The Hall–Kier alpha value is -3.41. The first-order chi connectivity index (χ1) is 17.2. The van der Waals surface area contributed by atoms with E-state index in [4.69, 9.17) is 19.1 Å². The van der Waals surface area contributed by atoms with Gasteiger partial charge in [0.1, 0.15) is 22.1 Å². The lowest BCUT2D eigenvalue weighted by Crippen LogP contribution is -2.31. The number of sulfonamides is 1. The topological polar surface area (TPSA) is 128 Å². The number of amides is 1. The lowest BCUT2D eigenvalue weighted by Gasteiger charge is -2.21. The summed E-state index contributed by atoms with van der Waals surface area (Å²) in [6.07, 6.45) is 1.38. The summed E-state index contributed by atoms with van der Waals surface area (Å²) in [5.41, 5.74) is 2.36. The van der Waals surface area contributed by atoms with Crippen LogP contribution in [-0.4, -0.2) is 69.7 Å². The van der Waals surface area contributed by atoms with Crippen LogP contribution in [-0.2, 0) is 21.4 Å². The molecule has 2 atom stereocenters. The highest BCUT2D eigenvalue weighted by Crippen LogP contribution is 2.42. The van der Waals surface area contributed by atoms with E-state index in [1.54, 1.807) is 19.2 Å². The lowest BCUT2D eigenvalue weighted by molar-refractivity contribution is -0.125. The number of para-hydroxylation sites is 1. The number of carbonyl (C=O) groups is 1. The van der Waals surface area contributed by atoms with Crippen molar-refractivity contribution in [2.24, 2.45) is 17.0 Å². The number of rotatable bonds is 7. The second-order valence-electron chi connectivity index (χ2n) is 9.25. The van der Waals surface area contributed by atoms with Gasteiger partial charge in [0, 0.05) is 38.3 Å². The minimum absolute atomic E-state index is 0.00140. The van der Waals surface area contributed by atoms with Crippen molar-refractivity contribution in [3.63, 3.8) is 0 Å². The first-order valence-corrected chi connectivity index (χ1v) is 13.1. The number of fused-ring (bicyclic) bond motifs is 2. The molecule has 0 unspecified atom stereocenters. The molecule has 10 nitrogen and oxygen atoms in total. The Morgan fingerprint density at radius 1 is 1.19 bits per heavy atom. The Morgan fingerprint density at radius 2 is 1.92 bits per heavy atom. The highest BCUT2D eigenvalue weighted by atomic mass is 32.2. The van der Waals surface area contributed by atoms with Crippen molar-refractivity contribution in [3.8, 4) is 22.8 Å². The van der Waals surface area contributed by atoms with Crippen LogP contribution in [0.4, 0.5) is 0 Å². The van der Waals surface area contributed by atoms with Crippen LogP contribution >= 0.6 is 0 Å². The van der Waals surface area contributed by atoms with Gasteiger partial charge in [0.05, 0.1) is 19.6 Å². The van der Waals surface area contributed by atoms with Gasteiger partial charge in [-0.05, 0) is 47.7 Å². The van der Waals surface area contributed by atoms with Gasteiger partial charge in [-0.25, -0.2) is 13.6 Å². The van der Waals surface area contributed by atoms with E-state index in [1.165, 1.54) is 19.3 Å². The fourth-order valence-corrected chi connectivity index (χ4v) is 6.17. The Kier molecular flexibility index (Phi) is 6.23. The molecule has 2 N–H and O–H groups in total. The Labute approximate surface area is 209 Å². The maximum Gasteiger partial charge on any atom is 0.245 e. The normalized spacial score (nSPS) is 20.0. The van der Waals surface area contributed by atoms with Crippen LogP contribution in [0.3, 0.4) is 0 Å². The molecule has 1 amide bonds. The van der Waals surface area contributed by atoms with Crippen molar-refractivity contribution >= 4 is 26.9 Å². The average Bonchev–Trinajstić information content (AvgIpc) is 3.55. The standard InChI is InChI=1S/C25H28N4O6S/c1-4-22(30)29-13-16-11-28(12-17(16)14-29)10-15-8-19(33-2)23-20(9-15)35-27-24(23)18-6-5-7-21(25(18)34-3)36(26,31)32/h4-9,16-17H,1,10-14H2,2-3H3,(H2,26,31,32)/t16-,17+. The van der Waals surface area contributed by atoms with Crippen LogP contribution in [0.15, 0.2) is 52.4 Å². The number of nitrogens with two attached hydrogens (primary N) is 1. The van der Waals surface area contributed by atoms with Gasteiger partial charge in [0.25, 0.3) is 0 Å². The van der Waals surface area contributed by atoms with E-state index in [-0.39, 0.29) is 16.6 Å². The molecule has 2 saturated heterocycles. The van der Waals surface area contributed by atoms with E-state index >= 15 is 0 Å². The first-order valence-electron chi connectivity index (χ1n) is 11.5. The van der Waals surface area contributed by atoms with Gasteiger partial charge in [-0.1, -0.05) is 17.8 Å². The van der Waals surface area contributed by atoms with E-state index in [9.17, 15) is 13.2 Å². The summed E-state index contributed by atoms with van der Waals surface area (Å²) >= 11 is 0. The van der Waals surface area contributed by atoms with Gasteiger partial charge >= 0.3 is 0 Å². The number of ether oxygens (including phenoxy) is 2. The summed E-state index contributed by atoms with van der Waals surface area (Å²) in [5.74, 6) is 1.56. The SMILES string of the molecule is C=CC(=O)N1C[C@H]2CN(Cc3cc(OC)c4c(-c5cccc(S(N)(=O)=O)c5OC)noc4c3)C[C@H]2C1. The molecule has 0 saturated carbocycles. The molecular weight excluding hydrogens is 484 g/mol. The average molecular weight is 513 g/mol. The minimum atomic E-state index is -4.01. The van der Waals surface area contributed by atoms with Crippen molar-refractivity contribution in [2.45, 2.75) is 11.4 Å². The van der Waals surface area contributed by atoms with Gasteiger partial charge in [-0.15, -0.1) is 0 Å². The molecule has 2 fully saturated rings. The maximum atomic E-state index is 12.1. The quantitative estimate of drug-likeness (QED) is 0.478. The van der Waals surface area contributed by atoms with Gasteiger partial charge in [-0.2, -0.15) is 0 Å². The molecule has 3 heterocycles. The maximum absolute atomic E-state index is 12.1. The third-order valence-electron chi connectivity index (χ3n) is 7.02. The van der Waals surface area contributed by atoms with Crippen molar-refractivity contribution in [1.82, 2.24) is 15.0 Å². The van der Waals surface area contributed by atoms with Crippen LogP contribution in [0.25, 0.3) is 22.2 Å². The van der Waals surface area contributed by atoms with Gasteiger partial charge < -0.3 is 18.9 Å². The summed E-state index contributed by atoms with van der Waals surface area (Å²) in [6.45, 7) is 7.64. The zero-order chi connectivity index (χ0) is 25.6. The van der Waals surface area contributed by atoms with Crippen LogP contribution in [0.2, 0.25) is 0 Å². The Morgan fingerprint density at radius 3 is 2.53 bits per heavy atom. The molecule has 2 aromatic carbocycles. The number of aromatic nitrogens is 1. The fourth-order valence-electron chi connectivity index (χ4n) is 5.45. The molecule has 5 rings (SSSR count). The lowest BCUT2D eigenvalue weighted by atomic mass is 10.0. The second-order valence-corrected chi connectivity index (χ2v) is 10.8. The molecule has 36 heavy (non-hydrogen) atoms. The van der Waals surface area contributed by atoms with Crippen molar-refractivity contribution in [2.75, 3.05) is 40.4 Å². The number of primary sulfonamides is 1. The van der Waals surface area contributed by atoms with Gasteiger partial charge in [0.2, 0.25) is 15.9 Å². The summed E-state index contributed by atoms with van der Waals surface area (Å²) in [6, 6.07) is 8.52. The number of benzene rings is 2. The summed E-state index contributed by atoms with van der Waals surface area (Å²) in [4.78, 5) is 16.1. The number of hydrogen-bond donors (Lipinski definition) is 1. The second kappa shape index (κ2) is 9.23. The molecule has 190 valence electrons. The zero-order valence-electron chi connectivity index (χ0n) is 20.1. The summed E-state index contributed by atoms with van der Waals surface area (Å²) in [5, 5.41) is 10.2. The van der Waals surface area contributed by atoms with Gasteiger partial charge in [-0.3, -0.25) is 9.69 Å². The number of carbonyl (C=O) groups excluding carboxylic acids is 1. The molecule has 3 aromatic rings. The van der Waals surface area contributed by atoms with E-state index in [2.05, 4.69) is 16.6 Å². The molecule has 11 heteroatoms. The third kappa shape index (κ3) is 4.23. The summed E-state index contributed by atoms with van der Waals surface area (Å²) < 4.78 is 40.9. The highest BCUT2D eigenvalue weighted by molar-refractivity contribution is 7.89. The van der Waals surface area contributed by atoms with E-state index in [0.717, 1.165) is 31.7 Å². The molecule has 1 aromatic heterocycles. The largest absolute Gasteiger partial charge is 0.496 e. The molecular formula is C25H28N4O6S. The zero-order valence-corrected chi connectivity index (χ0v) is 21.0. The monoisotopic (exact) mass is 512 g/mol. The molecule has 2 aliphatic rings. The molecule has 2 aliphatic heterocycles. The van der Waals surface area contributed by atoms with Crippen LogP contribution in [0, 0.1) is 11.8 Å². The van der Waals surface area contributed by atoms with E-state index in [1.807, 2.05) is 17.0 Å². The molecule has 0 aliphatic carbocycles. The van der Waals surface area contributed by atoms with Crippen LogP contribution in [0.1, 0.15) is 5.56 Å². The Bertz CT molecular complexity index is 1440. The van der Waals surface area contributed by atoms with Crippen LogP contribution < -0.4 is 14.6 Å². The third-order valence-corrected chi connectivity index (χ3v) is 7.95. The number of hydrogen-bond acceptors (Lipinski definition) is 8. The highest BCUT2D eigenvalue weighted by Gasteiger charge is 2.41. The molecule has 0 bridgehead atoms. The van der Waals surface area contributed by atoms with Crippen molar-refractivity contribution in [3.05, 3.63) is 48.6 Å².